The molecule has 6 heteroatoms. The fourth-order valence-electron chi connectivity index (χ4n) is 3.80. The summed E-state index contributed by atoms with van der Waals surface area (Å²) in [6, 6.07) is 24.7. The van der Waals surface area contributed by atoms with Crippen LogP contribution in [0.2, 0.25) is 0 Å². The Kier molecular flexibility index (Phi) is 6.97. The van der Waals surface area contributed by atoms with E-state index in [2.05, 4.69) is 10.2 Å². The zero-order valence-corrected chi connectivity index (χ0v) is 19.4. The van der Waals surface area contributed by atoms with Gasteiger partial charge in [0.1, 0.15) is 5.82 Å². The predicted molar refractivity (Wildman–Crippen MR) is 136 cm³/mol. The van der Waals surface area contributed by atoms with Crippen molar-refractivity contribution in [1.29, 1.82) is 0 Å². The predicted octanol–water partition coefficient (Wildman–Crippen LogP) is 6.54. The number of hydrogen-bond donors (Lipinski definition) is 2. The number of rotatable bonds is 7. The molecule has 0 aliphatic rings. The van der Waals surface area contributed by atoms with Crippen molar-refractivity contribution in [2.24, 2.45) is 0 Å². The van der Waals surface area contributed by atoms with Crippen LogP contribution in [0.3, 0.4) is 0 Å². The molecular formula is C28H23FN2O2S. The van der Waals surface area contributed by atoms with Crippen molar-refractivity contribution in [3.05, 3.63) is 113 Å². The number of thioether (sulfide) groups is 1. The number of aryl methyl sites for hydroxylation is 1. The van der Waals surface area contributed by atoms with Gasteiger partial charge in [0.25, 0.3) is 5.91 Å². The summed E-state index contributed by atoms with van der Waals surface area (Å²) in [5.74, 6) is -0.802. The molecule has 4 nitrogen and oxygen atoms in total. The lowest BCUT2D eigenvalue weighted by Gasteiger charge is -2.27. The second-order valence-electron chi connectivity index (χ2n) is 8.16. The number of anilines is 1. The van der Waals surface area contributed by atoms with Gasteiger partial charge in [0, 0.05) is 22.8 Å². The maximum absolute atomic E-state index is 13.4. The van der Waals surface area contributed by atoms with Crippen molar-refractivity contribution in [3.8, 4) is 0 Å². The Morgan fingerprint density at radius 1 is 1.06 bits per heavy atom. The van der Waals surface area contributed by atoms with E-state index in [4.69, 9.17) is 6.57 Å². The van der Waals surface area contributed by atoms with Gasteiger partial charge in [0.2, 0.25) is 0 Å². The summed E-state index contributed by atoms with van der Waals surface area (Å²) in [6.45, 7) is 9.01. The van der Waals surface area contributed by atoms with E-state index in [1.165, 1.54) is 23.9 Å². The molecule has 4 aromatic carbocycles. The molecule has 0 saturated carbocycles. The summed E-state index contributed by atoms with van der Waals surface area (Å²) in [5, 5.41) is 16.5. The fraction of sp³-hybridized carbons (Fsp3) is 0.143. The molecule has 170 valence electrons. The Labute approximate surface area is 202 Å². The summed E-state index contributed by atoms with van der Waals surface area (Å²) in [5.41, 5.74) is 0.880. The molecule has 0 fully saturated rings. The van der Waals surface area contributed by atoms with Gasteiger partial charge in [-0.25, -0.2) is 9.24 Å². The Morgan fingerprint density at radius 3 is 2.53 bits per heavy atom. The third-order valence-electron chi connectivity index (χ3n) is 5.65. The van der Waals surface area contributed by atoms with Crippen LogP contribution < -0.4 is 5.32 Å². The first-order valence-corrected chi connectivity index (χ1v) is 11.7. The number of nitrogens with zero attached hydrogens (tertiary/aromatic N) is 1. The van der Waals surface area contributed by atoms with Crippen LogP contribution >= 0.6 is 11.8 Å². The van der Waals surface area contributed by atoms with Gasteiger partial charge >= 0.3 is 0 Å². The van der Waals surface area contributed by atoms with Crippen LogP contribution in [-0.2, 0) is 11.2 Å². The molecular weight excluding hydrogens is 447 g/mol. The lowest BCUT2D eigenvalue weighted by Crippen LogP contribution is -2.47. The van der Waals surface area contributed by atoms with Crippen molar-refractivity contribution in [1.82, 2.24) is 0 Å². The van der Waals surface area contributed by atoms with Gasteiger partial charge < -0.3 is 10.4 Å². The van der Waals surface area contributed by atoms with Crippen LogP contribution in [0.5, 0.6) is 0 Å². The van der Waals surface area contributed by atoms with E-state index >= 15 is 0 Å². The van der Waals surface area contributed by atoms with Crippen LogP contribution in [0.25, 0.3) is 15.6 Å². The minimum Gasteiger partial charge on any atom is -0.379 e. The minimum atomic E-state index is -1.74. The lowest BCUT2D eigenvalue weighted by atomic mass is 9.91. The smallest absolute Gasteiger partial charge is 0.257 e. The average Bonchev–Trinajstić information content (AvgIpc) is 2.84. The van der Waals surface area contributed by atoms with E-state index in [1.807, 2.05) is 42.5 Å². The first-order valence-electron chi connectivity index (χ1n) is 10.7. The molecule has 34 heavy (non-hydrogen) atoms. The standard InChI is InChI=1S/C28H23FN2O2S/c1-19-16-23(12-15-26(19)30-2)31-27(32)28(33,18-34-24-13-10-22(29)11-14-24)17-21-8-5-7-20-6-3-4-9-25(20)21/h3-16,33H,17-18H2,1H3,(H,31,32)/t28-/m0/s1. The quantitative estimate of drug-likeness (QED) is 0.238. The van der Waals surface area contributed by atoms with Crippen molar-refractivity contribution in [3.63, 3.8) is 0 Å². The first kappa shape index (κ1) is 23.5. The molecule has 0 heterocycles. The molecule has 0 aliphatic carbocycles. The SMILES string of the molecule is [C-]#[N+]c1ccc(NC(=O)[C@@](O)(CSc2ccc(F)cc2)Cc2cccc3ccccc23)cc1C. The molecule has 0 aromatic heterocycles. The van der Waals surface area contributed by atoms with Crippen LogP contribution in [0.4, 0.5) is 15.8 Å². The van der Waals surface area contributed by atoms with Gasteiger partial charge in [-0.15, -0.1) is 11.8 Å². The van der Waals surface area contributed by atoms with E-state index in [0.717, 1.165) is 26.8 Å². The highest BCUT2D eigenvalue weighted by Crippen LogP contribution is 2.30. The average molecular weight is 471 g/mol. The maximum atomic E-state index is 13.4. The maximum Gasteiger partial charge on any atom is 0.257 e. The Morgan fingerprint density at radius 2 is 1.79 bits per heavy atom. The molecule has 1 amide bonds. The van der Waals surface area contributed by atoms with E-state index in [1.54, 1.807) is 37.3 Å². The van der Waals surface area contributed by atoms with Gasteiger partial charge in [0.05, 0.1) is 6.57 Å². The number of carbonyl (C=O) groups is 1. The molecule has 2 N–H and O–H groups in total. The summed E-state index contributed by atoms with van der Waals surface area (Å²) >= 11 is 1.29. The molecule has 4 aromatic rings. The Balaban J connectivity index is 1.64. The highest BCUT2D eigenvalue weighted by molar-refractivity contribution is 7.99. The highest BCUT2D eigenvalue weighted by Gasteiger charge is 2.37. The number of aliphatic hydroxyl groups is 1. The normalized spacial score (nSPS) is 12.6. The number of carbonyl (C=O) groups excluding carboxylic acids is 1. The number of halogens is 1. The number of benzene rings is 4. The molecule has 0 spiro atoms. The number of amides is 1. The summed E-state index contributed by atoms with van der Waals surface area (Å²) in [4.78, 5) is 17.6. The molecule has 0 unspecified atom stereocenters. The molecule has 0 bridgehead atoms. The van der Waals surface area contributed by atoms with Gasteiger partial charge in [-0.1, -0.05) is 48.5 Å². The van der Waals surface area contributed by atoms with E-state index in [0.29, 0.717) is 11.4 Å². The van der Waals surface area contributed by atoms with Crippen molar-refractivity contribution < 1.29 is 14.3 Å². The first-order chi connectivity index (χ1) is 16.4. The lowest BCUT2D eigenvalue weighted by molar-refractivity contribution is -0.131. The van der Waals surface area contributed by atoms with Crippen molar-refractivity contribution in [2.75, 3.05) is 11.1 Å². The third kappa shape index (κ3) is 5.28. The molecule has 0 saturated heterocycles. The van der Waals surface area contributed by atoms with E-state index in [-0.39, 0.29) is 18.0 Å². The molecule has 0 radical (unpaired) electrons. The fourth-order valence-corrected chi connectivity index (χ4v) is 4.77. The Hall–Kier alpha value is -3.66. The van der Waals surface area contributed by atoms with Crippen molar-refractivity contribution >= 4 is 39.8 Å². The van der Waals surface area contributed by atoms with Crippen LogP contribution in [0.15, 0.2) is 89.8 Å². The summed E-state index contributed by atoms with van der Waals surface area (Å²) in [6.07, 6.45) is 0.105. The zero-order valence-electron chi connectivity index (χ0n) is 18.6. The summed E-state index contributed by atoms with van der Waals surface area (Å²) < 4.78 is 13.3. The molecule has 0 aliphatic heterocycles. The van der Waals surface area contributed by atoms with Crippen LogP contribution in [0, 0.1) is 19.3 Å². The Bertz CT molecular complexity index is 1380. The number of nitrogens with one attached hydrogen (secondary N) is 1. The van der Waals surface area contributed by atoms with Crippen LogP contribution in [0.1, 0.15) is 11.1 Å². The van der Waals surface area contributed by atoms with E-state index in [9.17, 15) is 14.3 Å². The van der Waals surface area contributed by atoms with Gasteiger partial charge in [-0.05, 0) is 65.2 Å². The zero-order chi connectivity index (χ0) is 24.1. The topological polar surface area (TPSA) is 53.7 Å². The molecule has 4 rings (SSSR count). The number of fused-ring (bicyclic) bond motifs is 1. The second kappa shape index (κ2) is 10.1. The monoisotopic (exact) mass is 470 g/mol. The molecule has 1 atom stereocenters. The summed E-state index contributed by atoms with van der Waals surface area (Å²) in [7, 11) is 0. The van der Waals surface area contributed by atoms with Crippen molar-refractivity contribution in [2.45, 2.75) is 23.8 Å². The van der Waals surface area contributed by atoms with Gasteiger partial charge in [-0.2, -0.15) is 0 Å². The third-order valence-corrected chi connectivity index (χ3v) is 6.88. The van der Waals surface area contributed by atoms with E-state index < -0.39 is 11.5 Å². The van der Waals surface area contributed by atoms with Gasteiger partial charge in [0.15, 0.2) is 11.3 Å². The van der Waals surface area contributed by atoms with Crippen LogP contribution in [-0.4, -0.2) is 22.4 Å². The number of hydrogen-bond acceptors (Lipinski definition) is 3. The minimum absolute atomic E-state index is 0.0762. The highest BCUT2D eigenvalue weighted by atomic mass is 32.2. The largest absolute Gasteiger partial charge is 0.379 e. The second-order valence-corrected chi connectivity index (χ2v) is 9.21. The van der Waals surface area contributed by atoms with Gasteiger partial charge in [-0.3, -0.25) is 4.79 Å².